The first-order valence-electron chi connectivity index (χ1n) is 11.7. The molecule has 1 aromatic carbocycles. The third-order valence-corrected chi connectivity index (χ3v) is 8.93. The van der Waals surface area contributed by atoms with Crippen LogP contribution in [0.15, 0.2) is 53.4 Å². The number of allylic oxidation sites excluding steroid dienone is 1. The highest BCUT2D eigenvalue weighted by Gasteiger charge is 2.68. The van der Waals surface area contributed by atoms with E-state index in [4.69, 9.17) is 0 Å². The fourth-order valence-electron chi connectivity index (χ4n) is 5.55. The molecule has 0 radical (unpaired) electrons. The van der Waals surface area contributed by atoms with Gasteiger partial charge in [0.2, 0.25) is 15.9 Å². The van der Waals surface area contributed by atoms with Gasteiger partial charge in [-0.1, -0.05) is 30.3 Å². The van der Waals surface area contributed by atoms with Crippen molar-refractivity contribution < 1.29 is 13.2 Å². The van der Waals surface area contributed by atoms with Gasteiger partial charge in [-0.2, -0.15) is 4.31 Å². The van der Waals surface area contributed by atoms with Crippen LogP contribution in [0.5, 0.6) is 0 Å². The van der Waals surface area contributed by atoms with Crippen LogP contribution in [0.3, 0.4) is 0 Å². The molecule has 3 atom stereocenters. The molecule has 1 spiro atoms. The molecule has 0 aromatic heterocycles. The topological polar surface area (TPSA) is 94.1 Å². The van der Waals surface area contributed by atoms with Crippen LogP contribution in [0.2, 0.25) is 0 Å². The van der Waals surface area contributed by atoms with Crippen LogP contribution in [-0.2, 0) is 21.4 Å². The van der Waals surface area contributed by atoms with Crippen LogP contribution in [0.4, 0.5) is 0 Å². The van der Waals surface area contributed by atoms with Gasteiger partial charge in [0.05, 0.1) is 11.7 Å². The summed E-state index contributed by atoms with van der Waals surface area (Å²) in [4.78, 5) is 19.1. The number of amidine groups is 1. The molecule has 33 heavy (non-hydrogen) atoms. The smallest absolute Gasteiger partial charge is 0.228 e. The van der Waals surface area contributed by atoms with E-state index in [-0.39, 0.29) is 17.2 Å². The van der Waals surface area contributed by atoms with E-state index in [9.17, 15) is 13.2 Å². The van der Waals surface area contributed by atoms with Crippen molar-refractivity contribution in [2.24, 2.45) is 22.2 Å². The van der Waals surface area contributed by atoms with Crippen LogP contribution in [-0.4, -0.2) is 61.8 Å². The number of carbonyl (C=O) groups is 1. The summed E-state index contributed by atoms with van der Waals surface area (Å²) in [7, 11) is -3.10. The molecular weight excluding hydrogens is 438 g/mol. The highest BCUT2D eigenvalue weighted by Crippen LogP contribution is 2.69. The number of piperazine rings is 1. The maximum atomic E-state index is 12.2. The lowest BCUT2D eigenvalue weighted by Gasteiger charge is -2.33. The number of sulfonamides is 1. The second-order valence-electron chi connectivity index (χ2n) is 9.88. The summed E-state index contributed by atoms with van der Waals surface area (Å²) in [5.41, 5.74) is 2.39. The highest BCUT2D eigenvalue weighted by atomic mass is 32.2. The molecule has 174 valence electrons. The number of benzene rings is 1. The van der Waals surface area contributed by atoms with Crippen molar-refractivity contribution in [1.29, 1.82) is 0 Å². The zero-order valence-corrected chi connectivity index (χ0v) is 19.5. The van der Waals surface area contributed by atoms with Gasteiger partial charge in [-0.15, -0.1) is 0 Å². The monoisotopic (exact) mass is 467 g/mol. The van der Waals surface area contributed by atoms with Crippen molar-refractivity contribution in [3.8, 4) is 0 Å². The lowest BCUT2D eigenvalue weighted by Crippen LogP contribution is -2.47. The SMILES string of the molecule is CS(=O)(=O)N1CCN(Cc2ccc(C3C4C=C(NC(=O)C5CC5)NC5=NC=CC543)cc2)CC1. The van der Waals surface area contributed by atoms with Crippen LogP contribution >= 0.6 is 0 Å². The molecule has 1 amide bonds. The van der Waals surface area contributed by atoms with Crippen molar-refractivity contribution in [2.75, 3.05) is 32.4 Å². The third kappa shape index (κ3) is 3.72. The molecule has 6 rings (SSSR count). The minimum absolute atomic E-state index is 0.103. The van der Waals surface area contributed by atoms with E-state index in [1.165, 1.54) is 17.4 Å². The number of carbonyl (C=O) groups excluding carboxylic acids is 1. The molecule has 1 aromatic rings. The first kappa shape index (κ1) is 21.1. The van der Waals surface area contributed by atoms with Gasteiger partial charge in [0, 0.05) is 56.7 Å². The van der Waals surface area contributed by atoms with E-state index in [0.29, 0.717) is 24.9 Å². The van der Waals surface area contributed by atoms with Crippen molar-refractivity contribution in [2.45, 2.75) is 25.3 Å². The van der Waals surface area contributed by atoms with E-state index in [1.54, 1.807) is 4.31 Å². The summed E-state index contributed by atoms with van der Waals surface area (Å²) in [6.45, 7) is 3.42. The molecule has 8 nitrogen and oxygen atoms in total. The van der Waals surface area contributed by atoms with Crippen LogP contribution in [0.25, 0.3) is 0 Å². The Hall–Kier alpha value is -2.49. The summed E-state index contributed by atoms with van der Waals surface area (Å²) in [6.07, 6.45) is 9.47. The van der Waals surface area contributed by atoms with E-state index < -0.39 is 10.0 Å². The zero-order chi connectivity index (χ0) is 22.8. The standard InChI is InChI=1S/C24H29N5O3S/c1-33(31,32)29-12-10-28(11-13-29)15-16-2-4-17(5-3-16)21-19-14-20(26-22(30)18-6-7-18)27-23-24(19,21)8-9-25-23/h2-5,8-9,14,18-19,21H,6-7,10-13,15H2,1H3,(H,25,27)(H,26,30). The maximum absolute atomic E-state index is 12.2. The van der Waals surface area contributed by atoms with Crippen molar-refractivity contribution in [1.82, 2.24) is 19.8 Å². The molecule has 3 fully saturated rings. The molecular formula is C24H29N5O3S. The average Bonchev–Trinajstić information content (AvgIpc) is 3.68. The molecule has 1 saturated heterocycles. The summed E-state index contributed by atoms with van der Waals surface area (Å²) in [6, 6.07) is 8.78. The molecule has 0 bridgehead atoms. The lowest BCUT2D eigenvalue weighted by atomic mass is 9.96. The first-order valence-corrected chi connectivity index (χ1v) is 13.5. The normalized spacial score (nSPS) is 31.2. The van der Waals surface area contributed by atoms with Gasteiger partial charge < -0.3 is 10.6 Å². The Balaban J connectivity index is 1.13. The van der Waals surface area contributed by atoms with Gasteiger partial charge in [0.1, 0.15) is 11.7 Å². The summed E-state index contributed by atoms with van der Waals surface area (Å²) in [5, 5.41) is 6.40. The van der Waals surface area contributed by atoms with E-state index in [0.717, 1.165) is 44.1 Å². The largest absolute Gasteiger partial charge is 0.329 e. The van der Waals surface area contributed by atoms with Gasteiger partial charge in [0.15, 0.2) is 0 Å². The fraction of sp³-hybridized carbons (Fsp3) is 0.500. The van der Waals surface area contributed by atoms with Crippen molar-refractivity contribution in [3.05, 3.63) is 59.6 Å². The highest BCUT2D eigenvalue weighted by molar-refractivity contribution is 7.88. The van der Waals surface area contributed by atoms with E-state index in [2.05, 4.69) is 56.9 Å². The third-order valence-electron chi connectivity index (χ3n) is 7.63. The van der Waals surface area contributed by atoms with E-state index in [1.807, 2.05) is 6.20 Å². The van der Waals surface area contributed by atoms with Crippen LogP contribution in [0.1, 0.15) is 29.9 Å². The average molecular weight is 468 g/mol. The molecule has 2 aliphatic carbocycles. The van der Waals surface area contributed by atoms with Gasteiger partial charge >= 0.3 is 0 Å². The number of amides is 1. The number of nitrogens with one attached hydrogen (secondary N) is 2. The minimum Gasteiger partial charge on any atom is -0.329 e. The Morgan fingerprint density at radius 2 is 1.91 bits per heavy atom. The molecule has 3 aliphatic heterocycles. The number of aliphatic imine (C=N–C) groups is 1. The van der Waals surface area contributed by atoms with Gasteiger partial charge in [0.25, 0.3) is 0 Å². The summed E-state index contributed by atoms with van der Waals surface area (Å²) >= 11 is 0. The second-order valence-corrected chi connectivity index (χ2v) is 11.9. The Morgan fingerprint density at radius 1 is 1.18 bits per heavy atom. The summed E-state index contributed by atoms with van der Waals surface area (Å²) in [5.74, 6) is 2.57. The van der Waals surface area contributed by atoms with Gasteiger partial charge in [-0.3, -0.25) is 9.69 Å². The second kappa shape index (κ2) is 7.51. The molecule has 5 aliphatic rings. The fourth-order valence-corrected chi connectivity index (χ4v) is 6.38. The lowest BCUT2D eigenvalue weighted by molar-refractivity contribution is -0.121. The quantitative estimate of drug-likeness (QED) is 0.659. The minimum atomic E-state index is -3.10. The number of hydrogen-bond donors (Lipinski definition) is 2. The molecule has 2 N–H and O–H groups in total. The van der Waals surface area contributed by atoms with Crippen LogP contribution in [0, 0.1) is 17.3 Å². The van der Waals surface area contributed by atoms with Gasteiger partial charge in [-0.05, 0) is 30.0 Å². The van der Waals surface area contributed by atoms with Crippen molar-refractivity contribution >= 4 is 21.8 Å². The first-order chi connectivity index (χ1) is 15.8. The van der Waals surface area contributed by atoms with E-state index >= 15 is 0 Å². The van der Waals surface area contributed by atoms with Gasteiger partial charge in [-0.25, -0.2) is 13.4 Å². The molecule has 2 saturated carbocycles. The number of hydrogen-bond acceptors (Lipinski definition) is 6. The Labute approximate surface area is 194 Å². The zero-order valence-electron chi connectivity index (χ0n) is 18.7. The predicted octanol–water partition coefficient (Wildman–Crippen LogP) is 1.36. The molecule has 3 heterocycles. The number of nitrogens with zero attached hydrogens (tertiary/aromatic N) is 3. The van der Waals surface area contributed by atoms with Crippen molar-refractivity contribution in [3.63, 3.8) is 0 Å². The molecule has 3 unspecified atom stereocenters. The summed E-state index contributed by atoms with van der Waals surface area (Å²) < 4.78 is 25.0. The Morgan fingerprint density at radius 3 is 2.58 bits per heavy atom. The van der Waals surface area contributed by atoms with Crippen LogP contribution < -0.4 is 10.6 Å². The maximum Gasteiger partial charge on any atom is 0.228 e. The number of rotatable bonds is 6. The Kier molecular flexibility index (Phi) is 4.80. The molecule has 9 heteroatoms. The Bertz CT molecular complexity index is 1180. The predicted molar refractivity (Wildman–Crippen MR) is 125 cm³/mol.